The van der Waals surface area contributed by atoms with Crippen molar-refractivity contribution in [3.8, 4) is 0 Å². The number of hydrogen-bond acceptors (Lipinski definition) is 4. The van der Waals surface area contributed by atoms with E-state index in [-0.39, 0.29) is 0 Å². The monoisotopic (exact) mass is 261 g/mol. The van der Waals surface area contributed by atoms with Crippen LogP contribution in [0.25, 0.3) is 6.08 Å². The molecular formula is C14H19N3O2. The number of anilines is 1. The lowest BCUT2D eigenvalue weighted by Crippen LogP contribution is -2.18. The van der Waals surface area contributed by atoms with Crippen LogP contribution in [0.1, 0.15) is 12.5 Å². The fourth-order valence-electron chi connectivity index (χ4n) is 1.33. The Morgan fingerprint density at radius 2 is 2.05 bits per heavy atom. The maximum atomic E-state index is 10.9. The van der Waals surface area contributed by atoms with Gasteiger partial charge in [-0.05, 0) is 30.7 Å². The number of carbonyl (C=O) groups is 1. The van der Waals surface area contributed by atoms with E-state index in [1.165, 1.54) is 6.21 Å². The van der Waals surface area contributed by atoms with Crippen molar-refractivity contribution in [2.75, 3.05) is 25.6 Å². The van der Waals surface area contributed by atoms with Crippen LogP contribution in [0.3, 0.4) is 0 Å². The maximum absolute atomic E-state index is 10.9. The van der Waals surface area contributed by atoms with Gasteiger partial charge in [0, 0.05) is 26.0 Å². The minimum atomic E-state index is -0.553. The summed E-state index contributed by atoms with van der Waals surface area (Å²) >= 11 is 0. The van der Waals surface area contributed by atoms with Gasteiger partial charge in [0.05, 0.1) is 6.61 Å². The molecule has 0 saturated heterocycles. The van der Waals surface area contributed by atoms with Crippen molar-refractivity contribution in [1.82, 2.24) is 5.43 Å². The van der Waals surface area contributed by atoms with Gasteiger partial charge in [0.15, 0.2) is 0 Å². The first kappa shape index (κ1) is 14.8. The normalized spacial score (nSPS) is 10.9. The van der Waals surface area contributed by atoms with Gasteiger partial charge in [-0.3, -0.25) is 0 Å². The van der Waals surface area contributed by atoms with Crippen molar-refractivity contribution < 1.29 is 9.53 Å². The van der Waals surface area contributed by atoms with Crippen LogP contribution >= 0.6 is 0 Å². The molecule has 0 radical (unpaired) electrons. The number of nitrogens with one attached hydrogen (secondary N) is 1. The van der Waals surface area contributed by atoms with E-state index in [2.05, 4.69) is 15.3 Å². The van der Waals surface area contributed by atoms with E-state index in [0.29, 0.717) is 6.61 Å². The summed E-state index contributed by atoms with van der Waals surface area (Å²) < 4.78 is 4.65. The maximum Gasteiger partial charge on any atom is 0.427 e. The summed E-state index contributed by atoms with van der Waals surface area (Å²) in [5, 5.41) is 3.71. The van der Waals surface area contributed by atoms with Gasteiger partial charge >= 0.3 is 6.09 Å². The molecule has 19 heavy (non-hydrogen) atoms. The highest BCUT2D eigenvalue weighted by molar-refractivity contribution is 5.79. The third-order valence-electron chi connectivity index (χ3n) is 2.29. The minimum absolute atomic E-state index is 0.329. The Bertz CT molecular complexity index is 450. The van der Waals surface area contributed by atoms with E-state index in [0.717, 1.165) is 11.3 Å². The van der Waals surface area contributed by atoms with Gasteiger partial charge in [-0.25, -0.2) is 10.2 Å². The van der Waals surface area contributed by atoms with Crippen molar-refractivity contribution in [3.05, 3.63) is 35.9 Å². The molecule has 5 nitrogen and oxygen atoms in total. The second-order valence-corrected chi connectivity index (χ2v) is 3.96. The van der Waals surface area contributed by atoms with Gasteiger partial charge in [-0.2, -0.15) is 5.10 Å². The number of benzene rings is 1. The molecule has 1 amide bonds. The average molecular weight is 261 g/mol. The highest BCUT2D eigenvalue weighted by Crippen LogP contribution is 2.12. The highest BCUT2D eigenvalue weighted by Gasteiger charge is 1.94. The Morgan fingerprint density at radius 1 is 1.37 bits per heavy atom. The molecule has 0 heterocycles. The van der Waals surface area contributed by atoms with Gasteiger partial charge in [0.1, 0.15) is 0 Å². The van der Waals surface area contributed by atoms with Crippen LogP contribution in [0.2, 0.25) is 0 Å². The van der Waals surface area contributed by atoms with Crippen LogP contribution in [0.5, 0.6) is 0 Å². The molecule has 0 aromatic heterocycles. The summed E-state index contributed by atoms with van der Waals surface area (Å²) in [6, 6.07) is 8.10. The zero-order valence-electron chi connectivity index (χ0n) is 11.5. The van der Waals surface area contributed by atoms with Crippen LogP contribution in [0.4, 0.5) is 10.5 Å². The first-order valence-corrected chi connectivity index (χ1v) is 6.03. The van der Waals surface area contributed by atoms with Gasteiger partial charge in [0.2, 0.25) is 0 Å². The summed E-state index contributed by atoms with van der Waals surface area (Å²) in [7, 11) is 4.00. The molecule has 0 bridgehead atoms. The van der Waals surface area contributed by atoms with E-state index in [9.17, 15) is 4.79 Å². The summed E-state index contributed by atoms with van der Waals surface area (Å²) in [5.41, 5.74) is 4.46. The quantitative estimate of drug-likeness (QED) is 0.654. The van der Waals surface area contributed by atoms with E-state index in [1.54, 1.807) is 13.0 Å². The number of nitrogens with zero attached hydrogens (tertiary/aromatic N) is 2. The number of ether oxygens (including phenoxy) is 1. The predicted molar refractivity (Wildman–Crippen MR) is 78.5 cm³/mol. The van der Waals surface area contributed by atoms with Crippen molar-refractivity contribution in [3.63, 3.8) is 0 Å². The largest absolute Gasteiger partial charge is 0.449 e. The molecule has 0 fully saturated rings. The summed E-state index contributed by atoms with van der Waals surface area (Å²) in [6.07, 6.45) is 4.59. The molecule has 0 unspecified atom stereocenters. The standard InChI is InChI=1S/C14H19N3O2/c1-4-19-14(18)16-15-11-5-6-12-7-9-13(10-8-12)17(2)3/h5-11H,4H2,1-3H3,(H,16,18)/b6-5+,15-11+. The molecule has 0 spiro atoms. The SMILES string of the molecule is CCOC(=O)N/N=C/C=C/c1ccc(N(C)C)cc1. The number of hydrogen-bond donors (Lipinski definition) is 1. The highest BCUT2D eigenvalue weighted by atomic mass is 16.5. The molecule has 0 atom stereocenters. The van der Waals surface area contributed by atoms with Crippen molar-refractivity contribution in [2.24, 2.45) is 5.10 Å². The Hall–Kier alpha value is -2.30. The second kappa shape index (κ2) is 7.92. The molecular weight excluding hydrogens is 242 g/mol. The molecule has 1 N–H and O–H groups in total. The Morgan fingerprint density at radius 3 is 2.63 bits per heavy atom. The number of rotatable bonds is 5. The van der Waals surface area contributed by atoms with E-state index >= 15 is 0 Å². The van der Waals surface area contributed by atoms with Gasteiger partial charge < -0.3 is 9.64 Å². The molecule has 0 aliphatic carbocycles. The number of carbonyl (C=O) groups excluding carboxylic acids is 1. The lowest BCUT2D eigenvalue weighted by atomic mass is 10.2. The third kappa shape index (κ3) is 5.72. The average Bonchev–Trinajstić information content (AvgIpc) is 2.39. The van der Waals surface area contributed by atoms with E-state index in [1.807, 2.05) is 49.3 Å². The molecule has 1 rings (SSSR count). The zero-order valence-corrected chi connectivity index (χ0v) is 11.5. The van der Waals surface area contributed by atoms with E-state index < -0.39 is 6.09 Å². The van der Waals surface area contributed by atoms with Gasteiger partial charge in [-0.15, -0.1) is 0 Å². The molecule has 0 aliphatic heterocycles. The van der Waals surface area contributed by atoms with E-state index in [4.69, 9.17) is 0 Å². The lowest BCUT2D eigenvalue weighted by Gasteiger charge is -2.11. The molecule has 1 aromatic rings. The van der Waals surface area contributed by atoms with Crippen molar-refractivity contribution >= 4 is 24.1 Å². The fraction of sp³-hybridized carbons (Fsp3) is 0.286. The summed E-state index contributed by atoms with van der Waals surface area (Å²) in [6.45, 7) is 2.07. The smallest absolute Gasteiger partial charge is 0.427 e. The Balaban J connectivity index is 2.44. The third-order valence-corrected chi connectivity index (χ3v) is 2.29. The topological polar surface area (TPSA) is 53.9 Å². The van der Waals surface area contributed by atoms with Crippen LogP contribution in [0.15, 0.2) is 35.4 Å². The molecule has 1 aromatic carbocycles. The molecule has 0 aliphatic rings. The fourth-order valence-corrected chi connectivity index (χ4v) is 1.33. The van der Waals surface area contributed by atoms with Crippen LogP contribution < -0.4 is 10.3 Å². The zero-order chi connectivity index (χ0) is 14.1. The van der Waals surface area contributed by atoms with Crippen molar-refractivity contribution in [2.45, 2.75) is 6.92 Å². The van der Waals surface area contributed by atoms with Gasteiger partial charge in [0.25, 0.3) is 0 Å². The van der Waals surface area contributed by atoms with Crippen molar-refractivity contribution in [1.29, 1.82) is 0 Å². The molecule has 0 saturated carbocycles. The number of amides is 1. The second-order valence-electron chi connectivity index (χ2n) is 3.96. The lowest BCUT2D eigenvalue weighted by molar-refractivity contribution is 0.152. The van der Waals surface area contributed by atoms with Crippen LogP contribution in [0, 0.1) is 0 Å². The first-order valence-electron chi connectivity index (χ1n) is 6.03. The summed E-state index contributed by atoms with van der Waals surface area (Å²) in [5.74, 6) is 0. The number of hydrazone groups is 1. The molecule has 102 valence electrons. The number of allylic oxidation sites excluding steroid dienone is 1. The predicted octanol–water partition coefficient (Wildman–Crippen LogP) is 2.50. The van der Waals surface area contributed by atoms with Gasteiger partial charge in [-0.1, -0.05) is 18.2 Å². The van der Waals surface area contributed by atoms with Crippen LogP contribution in [-0.2, 0) is 4.74 Å². The molecule has 5 heteroatoms. The Labute approximate surface area is 113 Å². The summed E-state index contributed by atoms with van der Waals surface area (Å²) in [4.78, 5) is 12.9. The minimum Gasteiger partial charge on any atom is -0.449 e. The Kier molecular flexibility index (Phi) is 6.15. The first-order chi connectivity index (χ1) is 9.13. The van der Waals surface area contributed by atoms with Crippen LogP contribution in [-0.4, -0.2) is 33.0 Å².